The molecule has 0 bridgehead atoms. The number of rotatable bonds is 3. The highest BCUT2D eigenvalue weighted by atomic mass is 32.1. The van der Waals surface area contributed by atoms with E-state index in [0.29, 0.717) is 10.9 Å². The molecule has 1 N–H and O–H groups in total. The number of hydrogen-bond donors (Lipinski definition) is 1. The van der Waals surface area contributed by atoms with Gasteiger partial charge in [0.15, 0.2) is 0 Å². The predicted octanol–water partition coefficient (Wildman–Crippen LogP) is 2.37. The van der Waals surface area contributed by atoms with Crippen LogP contribution in [0.4, 0.5) is 0 Å². The summed E-state index contributed by atoms with van der Waals surface area (Å²) in [6.07, 6.45) is 2.19. The fourth-order valence-corrected chi connectivity index (χ4v) is 2.95. The van der Waals surface area contributed by atoms with Crippen LogP contribution in [0.2, 0.25) is 0 Å². The van der Waals surface area contributed by atoms with Gasteiger partial charge in [-0.25, -0.2) is 4.68 Å². The van der Waals surface area contributed by atoms with Gasteiger partial charge in [0.25, 0.3) is 5.91 Å². The quantitative estimate of drug-likeness (QED) is 0.803. The van der Waals surface area contributed by atoms with Gasteiger partial charge in [-0.15, -0.1) is 16.4 Å². The molecular formula is C14H12N4OS. The first-order valence-corrected chi connectivity index (χ1v) is 7.34. The molecule has 20 heavy (non-hydrogen) atoms. The molecule has 2 aromatic heterocycles. The van der Waals surface area contributed by atoms with E-state index >= 15 is 0 Å². The van der Waals surface area contributed by atoms with Crippen molar-refractivity contribution in [1.82, 2.24) is 20.3 Å². The molecule has 1 saturated carbocycles. The van der Waals surface area contributed by atoms with E-state index in [-0.39, 0.29) is 5.91 Å². The molecule has 5 nitrogen and oxygen atoms in total. The Labute approximate surface area is 119 Å². The minimum absolute atomic E-state index is 0.00757. The second kappa shape index (κ2) is 4.42. The van der Waals surface area contributed by atoms with Crippen LogP contribution in [0.25, 0.3) is 16.0 Å². The number of carbonyl (C=O) groups excluding carboxylic acids is 1. The van der Waals surface area contributed by atoms with Crippen molar-refractivity contribution in [2.75, 3.05) is 0 Å². The highest BCUT2D eigenvalue weighted by Crippen LogP contribution is 2.25. The third-order valence-electron chi connectivity index (χ3n) is 3.29. The molecule has 0 atom stereocenters. The number of thiophene rings is 1. The van der Waals surface area contributed by atoms with Crippen molar-refractivity contribution in [2.24, 2.45) is 0 Å². The third-order valence-corrected chi connectivity index (χ3v) is 4.35. The Morgan fingerprint density at radius 1 is 1.25 bits per heavy atom. The van der Waals surface area contributed by atoms with Gasteiger partial charge in [-0.05, 0) is 37.1 Å². The van der Waals surface area contributed by atoms with Crippen molar-refractivity contribution >= 4 is 28.3 Å². The van der Waals surface area contributed by atoms with Gasteiger partial charge in [0, 0.05) is 6.04 Å². The maximum absolute atomic E-state index is 12.0. The largest absolute Gasteiger partial charge is 0.349 e. The SMILES string of the molecule is O=C(NC1CC1)c1ccc(-n2nnc3ccccc32)s1. The van der Waals surface area contributed by atoms with Crippen molar-refractivity contribution in [2.45, 2.75) is 18.9 Å². The van der Waals surface area contributed by atoms with Crippen molar-refractivity contribution < 1.29 is 4.79 Å². The van der Waals surface area contributed by atoms with Crippen molar-refractivity contribution in [3.8, 4) is 5.00 Å². The maximum Gasteiger partial charge on any atom is 0.261 e. The minimum Gasteiger partial charge on any atom is -0.349 e. The van der Waals surface area contributed by atoms with Crippen LogP contribution in [0, 0.1) is 0 Å². The molecule has 1 fully saturated rings. The fraction of sp³-hybridized carbons (Fsp3) is 0.214. The number of benzene rings is 1. The molecule has 100 valence electrons. The summed E-state index contributed by atoms with van der Waals surface area (Å²) in [4.78, 5) is 12.7. The lowest BCUT2D eigenvalue weighted by molar-refractivity contribution is 0.0955. The monoisotopic (exact) mass is 284 g/mol. The van der Waals surface area contributed by atoms with Crippen LogP contribution in [-0.4, -0.2) is 26.9 Å². The summed E-state index contributed by atoms with van der Waals surface area (Å²) in [6.45, 7) is 0. The van der Waals surface area contributed by atoms with E-state index in [0.717, 1.165) is 28.9 Å². The van der Waals surface area contributed by atoms with E-state index in [4.69, 9.17) is 0 Å². The van der Waals surface area contributed by atoms with Crippen LogP contribution < -0.4 is 5.32 Å². The van der Waals surface area contributed by atoms with E-state index in [1.807, 2.05) is 36.4 Å². The Morgan fingerprint density at radius 2 is 2.10 bits per heavy atom. The minimum atomic E-state index is 0.00757. The second-order valence-electron chi connectivity index (χ2n) is 4.88. The number of fused-ring (bicyclic) bond motifs is 1. The Kier molecular flexibility index (Phi) is 2.56. The number of para-hydroxylation sites is 1. The van der Waals surface area contributed by atoms with Gasteiger partial charge in [0.05, 0.1) is 10.4 Å². The van der Waals surface area contributed by atoms with Gasteiger partial charge >= 0.3 is 0 Å². The van der Waals surface area contributed by atoms with E-state index < -0.39 is 0 Å². The third kappa shape index (κ3) is 1.98. The van der Waals surface area contributed by atoms with E-state index in [2.05, 4.69) is 15.6 Å². The Bertz CT molecular complexity index is 787. The Hall–Kier alpha value is -2.21. The first kappa shape index (κ1) is 11.6. The van der Waals surface area contributed by atoms with Gasteiger partial charge in [-0.2, -0.15) is 0 Å². The summed E-state index contributed by atoms with van der Waals surface area (Å²) in [7, 11) is 0. The lowest BCUT2D eigenvalue weighted by atomic mass is 10.3. The number of hydrogen-bond acceptors (Lipinski definition) is 4. The molecule has 0 spiro atoms. The number of aromatic nitrogens is 3. The van der Waals surface area contributed by atoms with Gasteiger partial charge in [-0.3, -0.25) is 4.79 Å². The molecule has 1 amide bonds. The zero-order valence-electron chi connectivity index (χ0n) is 10.6. The number of amides is 1. The average Bonchev–Trinajstić information content (AvgIpc) is 3.01. The van der Waals surface area contributed by atoms with Crippen molar-refractivity contribution in [3.05, 3.63) is 41.3 Å². The molecule has 0 unspecified atom stereocenters. The Balaban J connectivity index is 1.68. The van der Waals surface area contributed by atoms with Crippen molar-refractivity contribution in [1.29, 1.82) is 0 Å². The standard InChI is InChI=1S/C14H12N4OS/c19-14(15-9-5-6-9)12-7-8-13(20-12)18-11-4-2-1-3-10(11)16-17-18/h1-4,7-9H,5-6H2,(H,15,19). The number of nitrogens with zero attached hydrogens (tertiary/aromatic N) is 3. The molecule has 2 heterocycles. The van der Waals surface area contributed by atoms with Crippen LogP contribution in [0.1, 0.15) is 22.5 Å². The van der Waals surface area contributed by atoms with Crippen LogP contribution in [0.5, 0.6) is 0 Å². The summed E-state index contributed by atoms with van der Waals surface area (Å²) < 4.78 is 1.77. The summed E-state index contributed by atoms with van der Waals surface area (Å²) in [6, 6.07) is 11.9. The van der Waals surface area contributed by atoms with Gasteiger partial charge in [0.2, 0.25) is 0 Å². The Morgan fingerprint density at radius 3 is 2.95 bits per heavy atom. The predicted molar refractivity (Wildman–Crippen MR) is 77.2 cm³/mol. The summed E-state index contributed by atoms with van der Waals surface area (Å²) in [5.74, 6) is 0.00757. The normalized spacial score (nSPS) is 14.6. The van der Waals surface area contributed by atoms with Crippen LogP contribution in [0.15, 0.2) is 36.4 Å². The highest BCUT2D eigenvalue weighted by Gasteiger charge is 2.24. The topological polar surface area (TPSA) is 59.8 Å². The molecule has 1 aliphatic carbocycles. The molecular weight excluding hydrogens is 272 g/mol. The molecule has 3 aromatic rings. The zero-order chi connectivity index (χ0) is 13.5. The van der Waals surface area contributed by atoms with E-state index in [1.54, 1.807) is 4.68 Å². The van der Waals surface area contributed by atoms with E-state index in [1.165, 1.54) is 11.3 Å². The van der Waals surface area contributed by atoms with Crippen LogP contribution >= 0.6 is 11.3 Å². The lowest BCUT2D eigenvalue weighted by Gasteiger charge is -1.99. The molecule has 4 rings (SSSR count). The fourth-order valence-electron chi connectivity index (χ4n) is 2.08. The maximum atomic E-state index is 12.0. The summed E-state index contributed by atoms with van der Waals surface area (Å²) in [5, 5.41) is 12.2. The number of carbonyl (C=O) groups is 1. The van der Waals surface area contributed by atoms with Gasteiger partial charge in [-0.1, -0.05) is 17.3 Å². The van der Waals surface area contributed by atoms with Crippen LogP contribution in [-0.2, 0) is 0 Å². The van der Waals surface area contributed by atoms with Gasteiger partial charge in [0.1, 0.15) is 10.5 Å². The number of nitrogens with one attached hydrogen (secondary N) is 1. The smallest absolute Gasteiger partial charge is 0.261 e. The first-order valence-electron chi connectivity index (χ1n) is 6.53. The molecule has 0 aliphatic heterocycles. The summed E-state index contributed by atoms with van der Waals surface area (Å²) in [5.41, 5.74) is 1.80. The zero-order valence-corrected chi connectivity index (χ0v) is 11.4. The summed E-state index contributed by atoms with van der Waals surface area (Å²) >= 11 is 1.43. The first-order chi connectivity index (χ1) is 9.81. The molecule has 0 saturated heterocycles. The van der Waals surface area contributed by atoms with Gasteiger partial charge < -0.3 is 5.32 Å². The molecule has 6 heteroatoms. The lowest BCUT2D eigenvalue weighted by Crippen LogP contribution is -2.24. The highest BCUT2D eigenvalue weighted by molar-refractivity contribution is 7.16. The van der Waals surface area contributed by atoms with Crippen molar-refractivity contribution in [3.63, 3.8) is 0 Å². The van der Waals surface area contributed by atoms with E-state index in [9.17, 15) is 4.79 Å². The van der Waals surface area contributed by atoms with Crippen LogP contribution in [0.3, 0.4) is 0 Å². The average molecular weight is 284 g/mol. The molecule has 1 aromatic carbocycles. The molecule has 0 radical (unpaired) electrons. The second-order valence-corrected chi connectivity index (χ2v) is 5.94. The molecule has 1 aliphatic rings.